The predicted octanol–water partition coefficient (Wildman–Crippen LogP) is 2.47. The van der Waals surface area contributed by atoms with Gasteiger partial charge in [0.2, 0.25) is 0 Å². The van der Waals surface area contributed by atoms with E-state index in [1.165, 1.54) is 0 Å². The number of rotatable bonds is 2. The second kappa shape index (κ2) is 4.70. The minimum atomic E-state index is 0.391. The molecule has 1 aliphatic rings. The molecular weight excluding hydrogens is 230 g/mol. The van der Waals surface area contributed by atoms with Crippen molar-refractivity contribution in [3.8, 4) is 0 Å². The van der Waals surface area contributed by atoms with Crippen LogP contribution >= 0.6 is 0 Å². The summed E-state index contributed by atoms with van der Waals surface area (Å²) in [5, 5.41) is 4.00. The van der Waals surface area contributed by atoms with Crippen LogP contribution in [0.2, 0.25) is 0 Å². The van der Waals surface area contributed by atoms with Crippen LogP contribution in [0, 0.1) is 4.91 Å². The molecule has 5 nitrogen and oxygen atoms in total. The molecule has 0 amide bonds. The van der Waals surface area contributed by atoms with E-state index in [-0.39, 0.29) is 0 Å². The van der Waals surface area contributed by atoms with Gasteiger partial charge in [0.15, 0.2) is 0 Å². The molecule has 0 aliphatic carbocycles. The number of hydrogen-bond acceptors (Lipinski definition) is 5. The Bertz CT molecular complexity index is 579. The number of benzene rings is 1. The molecule has 0 bridgehead atoms. The van der Waals surface area contributed by atoms with Gasteiger partial charge in [0.1, 0.15) is 11.2 Å². The molecule has 18 heavy (non-hydrogen) atoms. The Kier molecular flexibility index (Phi) is 2.90. The molecule has 3 rings (SSSR count). The summed E-state index contributed by atoms with van der Waals surface area (Å²) in [4.78, 5) is 17.3. The van der Waals surface area contributed by atoms with E-state index < -0.39 is 0 Å². The second-order valence-corrected chi connectivity index (χ2v) is 4.19. The predicted molar refractivity (Wildman–Crippen MR) is 70.2 cm³/mol. The number of nitrogens with zero attached hydrogens (tertiary/aromatic N) is 3. The van der Waals surface area contributed by atoms with Crippen molar-refractivity contribution in [3.63, 3.8) is 0 Å². The third-order valence-corrected chi connectivity index (χ3v) is 3.18. The fourth-order valence-corrected chi connectivity index (χ4v) is 2.30. The first kappa shape index (κ1) is 11.1. The van der Waals surface area contributed by atoms with Crippen molar-refractivity contribution < 1.29 is 4.74 Å². The molecule has 0 N–H and O–H groups in total. The van der Waals surface area contributed by atoms with Gasteiger partial charge in [-0.25, -0.2) is 0 Å². The maximum absolute atomic E-state index is 10.8. The number of fused-ring (bicyclic) bond motifs is 1. The van der Waals surface area contributed by atoms with Gasteiger partial charge in [-0.05, 0) is 29.4 Å². The van der Waals surface area contributed by atoms with Crippen molar-refractivity contribution in [1.82, 2.24) is 4.98 Å². The number of aromatic nitrogens is 1. The number of morpholine rings is 1. The third-order valence-electron chi connectivity index (χ3n) is 3.18. The molecular formula is C13H13N3O2. The smallest absolute Gasteiger partial charge is 0.134 e. The zero-order valence-electron chi connectivity index (χ0n) is 9.87. The first-order valence-electron chi connectivity index (χ1n) is 5.94. The monoisotopic (exact) mass is 243 g/mol. The van der Waals surface area contributed by atoms with Crippen molar-refractivity contribution in [3.05, 3.63) is 35.4 Å². The molecule has 1 aromatic heterocycles. The molecule has 1 aromatic carbocycles. The zero-order valence-corrected chi connectivity index (χ0v) is 9.87. The van der Waals surface area contributed by atoms with Gasteiger partial charge in [-0.15, -0.1) is 4.91 Å². The largest absolute Gasteiger partial charge is 0.378 e. The lowest BCUT2D eigenvalue weighted by Gasteiger charge is -2.29. The molecule has 0 radical (unpaired) electrons. The minimum Gasteiger partial charge on any atom is -0.378 e. The highest BCUT2D eigenvalue weighted by Gasteiger charge is 2.15. The summed E-state index contributed by atoms with van der Waals surface area (Å²) < 4.78 is 5.35. The van der Waals surface area contributed by atoms with Gasteiger partial charge in [0.25, 0.3) is 0 Å². The van der Waals surface area contributed by atoms with Gasteiger partial charge < -0.3 is 9.64 Å². The van der Waals surface area contributed by atoms with E-state index in [1.54, 1.807) is 12.3 Å². The maximum atomic E-state index is 10.8. The van der Waals surface area contributed by atoms with Crippen molar-refractivity contribution in [2.75, 3.05) is 31.2 Å². The number of nitroso groups, excluding NO2 is 1. The number of anilines is 1. The summed E-state index contributed by atoms with van der Waals surface area (Å²) in [6.07, 6.45) is 1.68. The molecule has 1 saturated heterocycles. The van der Waals surface area contributed by atoms with Crippen LogP contribution in [-0.4, -0.2) is 31.3 Å². The Balaban J connectivity index is 2.14. The lowest BCUT2D eigenvalue weighted by atomic mass is 10.1. The van der Waals surface area contributed by atoms with Crippen molar-refractivity contribution in [2.24, 2.45) is 5.18 Å². The standard InChI is InChI=1S/C13H13N3O2/c17-15-11-3-4-12(16-6-8-18-9-7-16)10-2-1-5-14-13(10)11/h1-5H,6-9H2. The first-order chi connectivity index (χ1) is 8.90. The molecule has 5 heteroatoms. The summed E-state index contributed by atoms with van der Waals surface area (Å²) in [7, 11) is 0. The lowest BCUT2D eigenvalue weighted by molar-refractivity contribution is 0.123. The fourth-order valence-electron chi connectivity index (χ4n) is 2.30. The third kappa shape index (κ3) is 1.82. The van der Waals surface area contributed by atoms with E-state index in [0.717, 1.165) is 37.4 Å². The normalized spacial score (nSPS) is 15.9. The van der Waals surface area contributed by atoms with Gasteiger partial charge in [-0.3, -0.25) is 4.98 Å². The zero-order chi connectivity index (χ0) is 12.4. The molecule has 2 heterocycles. The Morgan fingerprint density at radius 2 is 2.06 bits per heavy atom. The quantitative estimate of drug-likeness (QED) is 0.760. The van der Waals surface area contributed by atoms with Crippen LogP contribution in [0.15, 0.2) is 35.6 Å². The number of pyridine rings is 1. The van der Waals surface area contributed by atoms with E-state index in [0.29, 0.717) is 11.2 Å². The Labute approximate surface area is 104 Å². The van der Waals surface area contributed by atoms with Crippen molar-refractivity contribution >= 4 is 22.3 Å². The van der Waals surface area contributed by atoms with Gasteiger partial charge in [0.05, 0.1) is 13.2 Å². The average Bonchev–Trinajstić information content (AvgIpc) is 2.47. The van der Waals surface area contributed by atoms with Crippen LogP contribution in [-0.2, 0) is 4.74 Å². The minimum absolute atomic E-state index is 0.391. The van der Waals surface area contributed by atoms with E-state index >= 15 is 0 Å². The SMILES string of the molecule is O=Nc1ccc(N2CCOCC2)c2cccnc12. The first-order valence-corrected chi connectivity index (χ1v) is 5.94. The molecule has 1 fully saturated rings. The Morgan fingerprint density at radius 3 is 2.83 bits per heavy atom. The van der Waals surface area contributed by atoms with E-state index in [1.807, 2.05) is 18.2 Å². The van der Waals surface area contributed by atoms with Crippen LogP contribution in [0.5, 0.6) is 0 Å². The van der Waals surface area contributed by atoms with Gasteiger partial charge in [0, 0.05) is 30.4 Å². The second-order valence-electron chi connectivity index (χ2n) is 4.19. The molecule has 1 aliphatic heterocycles. The maximum Gasteiger partial charge on any atom is 0.134 e. The average molecular weight is 243 g/mol. The number of hydrogen-bond donors (Lipinski definition) is 0. The summed E-state index contributed by atoms with van der Waals surface area (Å²) in [5.41, 5.74) is 2.15. The Hall–Kier alpha value is -2.01. The van der Waals surface area contributed by atoms with Gasteiger partial charge in [-0.2, -0.15) is 0 Å². The highest BCUT2D eigenvalue weighted by Crippen LogP contribution is 2.32. The highest BCUT2D eigenvalue weighted by molar-refractivity contribution is 5.98. The van der Waals surface area contributed by atoms with Crippen LogP contribution in [0.1, 0.15) is 0 Å². The molecule has 0 unspecified atom stereocenters. The number of ether oxygens (including phenoxy) is 1. The van der Waals surface area contributed by atoms with E-state index in [9.17, 15) is 4.91 Å². The van der Waals surface area contributed by atoms with Crippen LogP contribution in [0.4, 0.5) is 11.4 Å². The van der Waals surface area contributed by atoms with Crippen molar-refractivity contribution in [1.29, 1.82) is 0 Å². The topological polar surface area (TPSA) is 54.8 Å². The van der Waals surface area contributed by atoms with Gasteiger partial charge >= 0.3 is 0 Å². The summed E-state index contributed by atoms with van der Waals surface area (Å²) in [6.45, 7) is 3.18. The molecule has 0 saturated carbocycles. The highest BCUT2D eigenvalue weighted by atomic mass is 16.5. The van der Waals surface area contributed by atoms with Crippen molar-refractivity contribution in [2.45, 2.75) is 0 Å². The van der Waals surface area contributed by atoms with Crippen LogP contribution in [0.25, 0.3) is 10.9 Å². The molecule has 0 spiro atoms. The van der Waals surface area contributed by atoms with E-state index in [4.69, 9.17) is 4.74 Å². The molecule has 0 atom stereocenters. The lowest BCUT2D eigenvalue weighted by Crippen LogP contribution is -2.36. The van der Waals surface area contributed by atoms with Gasteiger partial charge in [-0.1, -0.05) is 0 Å². The summed E-state index contributed by atoms with van der Waals surface area (Å²) in [6, 6.07) is 7.52. The van der Waals surface area contributed by atoms with E-state index in [2.05, 4.69) is 15.1 Å². The fraction of sp³-hybridized carbons (Fsp3) is 0.308. The van der Waals surface area contributed by atoms with Crippen LogP contribution < -0.4 is 4.90 Å². The molecule has 92 valence electrons. The van der Waals surface area contributed by atoms with Crippen LogP contribution in [0.3, 0.4) is 0 Å². The Morgan fingerprint density at radius 1 is 1.22 bits per heavy atom. The summed E-state index contributed by atoms with van der Waals surface area (Å²) >= 11 is 0. The summed E-state index contributed by atoms with van der Waals surface area (Å²) in [5.74, 6) is 0. The molecule has 2 aromatic rings.